The van der Waals surface area contributed by atoms with Gasteiger partial charge in [-0.1, -0.05) is 12.1 Å². The Balaban J connectivity index is 1.46. The van der Waals surface area contributed by atoms with Crippen LogP contribution in [0.5, 0.6) is 5.75 Å². The number of nitrogens with zero attached hydrogens (tertiary/aromatic N) is 2. The number of fused-ring (bicyclic) bond motifs is 1. The molecule has 0 fully saturated rings. The van der Waals surface area contributed by atoms with Gasteiger partial charge in [0.2, 0.25) is 5.91 Å². The Morgan fingerprint density at radius 2 is 1.93 bits per heavy atom. The standard InChI is InChI=1S/C21H19N3O4/c1-13-21(26)24(17-5-3-4-6-18(17)27-13)12-20(25)23-16-9-7-15(8-10-16)19-11-22-14(2)28-19/h3-11,13H,12H2,1-2H3,(H,23,25)/t13-/m0/s1. The van der Waals surface area contributed by atoms with E-state index in [1.54, 1.807) is 50.4 Å². The molecule has 0 bridgehead atoms. The van der Waals surface area contributed by atoms with E-state index in [0.717, 1.165) is 5.56 Å². The zero-order valence-electron chi connectivity index (χ0n) is 15.5. The van der Waals surface area contributed by atoms with Crippen LogP contribution in [-0.4, -0.2) is 29.4 Å². The molecular weight excluding hydrogens is 358 g/mol. The SMILES string of the molecule is Cc1ncc(-c2ccc(NC(=O)CN3C(=O)[C@H](C)Oc4ccccc43)cc2)o1. The van der Waals surface area contributed by atoms with E-state index in [-0.39, 0.29) is 18.4 Å². The molecule has 2 heterocycles. The third-order valence-electron chi connectivity index (χ3n) is 4.45. The number of para-hydroxylation sites is 2. The molecule has 7 heteroatoms. The zero-order chi connectivity index (χ0) is 19.7. The van der Waals surface area contributed by atoms with Crippen LogP contribution in [0.25, 0.3) is 11.3 Å². The Kier molecular flexibility index (Phi) is 4.57. The summed E-state index contributed by atoms with van der Waals surface area (Å²) in [6, 6.07) is 14.4. The maximum absolute atomic E-state index is 12.5. The second-order valence-corrected chi connectivity index (χ2v) is 6.52. The Morgan fingerprint density at radius 3 is 2.64 bits per heavy atom. The van der Waals surface area contributed by atoms with Crippen LogP contribution in [0.3, 0.4) is 0 Å². The van der Waals surface area contributed by atoms with E-state index in [2.05, 4.69) is 10.3 Å². The Bertz CT molecular complexity index is 1030. The van der Waals surface area contributed by atoms with Crippen LogP contribution in [0.15, 0.2) is 59.1 Å². The number of benzene rings is 2. The van der Waals surface area contributed by atoms with E-state index in [1.165, 1.54) is 4.90 Å². The van der Waals surface area contributed by atoms with Crippen molar-refractivity contribution in [1.29, 1.82) is 0 Å². The monoisotopic (exact) mass is 377 g/mol. The number of carbonyl (C=O) groups excluding carboxylic acids is 2. The van der Waals surface area contributed by atoms with Crippen molar-refractivity contribution in [2.45, 2.75) is 20.0 Å². The van der Waals surface area contributed by atoms with E-state index in [4.69, 9.17) is 9.15 Å². The Labute approximate surface area is 161 Å². The van der Waals surface area contributed by atoms with Crippen LogP contribution in [0, 0.1) is 6.92 Å². The van der Waals surface area contributed by atoms with E-state index >= 15 is 0 Å². The second kappa shape index (κ2) is 7.19. The molecule has 0 spiro atoms. The predicted octanol–water partition coefficient (Wildman–Crippen LogP) is 3.40. The van der Waals surface area contributed by atoms with E-state index in [9.17, 15) is 9.59 Å². The number of nitrogens with one attached hydrogen (secondary N) is 1. The van der Waals surface area contributed by atoms with E-state index in [1.807, 2.05) is 18.2 Å². The Hall–Kier alpha value is -3.61. The van der Waals surface area contributed by atoms with Gasteiger partial charge in [-0.25, -0.2) is 4.98 Å². The van der Waals surface area contributed by atoms with Crippen molar-refractivity contribution in [2.24, 2.45) is 0 Å². The number of anilines is 2. The summed E-state index contributed by atoms with van der Waals surface area (Å²) in [5, 5.41) is 2.82. The molecule has 1 N–H and O–H groups in total. The second-order valence-electron chi connectivity index (χ2n) is 6.52. The first kappa shape index (κ1) is 17.8. The van der Waals surface area contributed by atoms with Crippen molar-refractivity contribution in [3.63, 3.8) is 0 Å². The predicted molar refractivity (Wildman–Crippen MR) is 104 cm³/mol. The number of amides is 2. The molecule has 0 saturated carbocycles. The van der Waals surface area contributed by atoms with Gasteiger partial charge in [-0.15, -0.1) is 0 Å². The summed E-state index contributed by atoms with van der Waals surface area (Å²) in [6.07, 6.45) is 1.03. The smallest absolute Gasteiger partial charge is 0.268 e. The molecule has 4 rings (SSSR count). The summed E-state index contributed by atoms with van der Waals surface area (Å²) in [5.41, 5.74) is 2.09. The lowest BCUT2D eigenvalue weighted by Gasteiger charge is -2.32. The highest BCUT2D eigenvalue weighted by Gasteiger charge is 2.32. The normalized spacial score (nSPS) is 15.7. The molecule has 142 valence electrons. The van der Waals surface area contributed by atoms with Gasteiger partial charge in [0.25, 0.3) is 5.91 Å². The summed E-state index contributed by atoms with van der Waals surface area (Å²) in [7, 11) is 0. The van der Waals surface area contributed by atoms with Crippen molar-refractivity contribution in [1.82, 2.24) is 4.98 Å². The van der Waals surface area contributed by atoms with E-state index < -0.39 is 6.10 Å². The molecule has 3 aromatic rings. The third-order valence-corrected chi connectivity index (χ3v) is 4.45. The van der Waals surface area contributed by atoms with Crippen molar-refractivity contribution in [2.75, 3.05) is 16.8 Å². The molecule has 1 aliphatic rings. The highest BCUT2D eigenvalue weighted by Crippen LogP contribution is 2.33. The average Bonchev–Trinajstić information content (AvgIpc) is 3.12. The van der Waals surface area contributed by atoms with Crippen molar-refractivity contribution in [3.05, 3.63) is 60.6 Å². The number of aromatic nitrogens is 1. The molecule has 2 aromatic carbocycles. The van der Waals surface area contributed by atoms with Crippen LogP contribution in [0.1, 0.15) is 12.8 Å². The highest BCUT2D eigenvalue weighted by molar-refractivity contribution is 6.06. The number of hydrogen-bond donors (Lipinski definition) is 1. The molecule has 0 unspecified atom stereocenters. The highest BCUT2D eigenvalue weighted by atomic mass is 16.5. The molecule has 0 radical (unpaired) electrons. The van der Waals surface area contributed by atoms with Crippen molar-refractivity contribution >= 4 is 23.2 Å². The summed E-state index contributed by atoms with van der Waals surface area (Å²) in [4.78, 5) is 30.5. The maximum Gasteiger partial charge on any atom is 0.268 e. The van der Waals surface area contributed by atoms with Crippen LogP contribution in [0.4, 0.5) is 11.4 Å². The third kappa shape index (κ3) is 3.46. The summed E-state index contributed by atoms with van der Waals surface area (Å²) in [5.74, 6) is 1.32. The van der Waals surface area contributed by atoms with Crippen LogP contribution in [0.2, 0.25) is 0 Å². The Morgan fingerprint density at radius 1 is 1.18 bits per heavy atom. The number of rotatable bonds is 4. The molecule has 1 aliphatic heterocycles. The number of carbonyl (C=O) groups is 2. The molecule has 0 saturated heterocycles. The van der Waals surface area contributed by atoms with Crippen LogP contribution in [-0.2, 0) is 9.59 Å². The van der Waals surface area contributed by atoms with Gasteiger partial charge in [0.15, 0.2) is 17.8 Å². The van der Waals surface area contributed by atoms with Gasteiger partial charge in [0, 0.05) is 18.2 Å². The number of aryl methyl sites for hydroxylation is 1. The number of hydrogen-bond acceptors (Lipinski definition) is 5. The first-order valence-corrected chi connectivity index (χ1v) is 8.91. The largest absolute Gasteiger partial charge is 0.479 e. The fraction of sp³-hybridized carbons (Fsp3) is 0.190. The van der Waals surface area contributed by atoms with Gasteiger partial charge in [-0.05, 0) is 43.3 Å². The number of ether oxygens (including phenoxy) is 1. The molecule has 1 atom stereocenters. The molecule has 0 aliphatic carbocycles. The molecular formula is C21H19N3O4. The quantitative estimate of drug-likeness (QED) is 0.753. The van der Waals surface area contributed by atoms with Gasteiger partial charge in [-0.3, -0.25) is 14.5 Å². The van der Waals surface area contributed by atoms with E-state index in [0.29, 0.717) is 28.8 Å². The minimum absolute atomic E-state index is 0.0907. The molecule has 28 heavy (non-hydrogen) atoms. The lowest BCUT2D eigenvalue weighted by Crippen LogP contribution is -2.47. The first-order valence-electron chi connectivity index (χ1n) is 8.91. The summed E-state index contributed by atoms with van der Waals surface area (Å²) in [6.45, 7) is 3.36. The van der Waals surface area contributed by atoms with Crippen molar-refractivity contribution in [3.8, 4) is 17.1 Å². The van der Waals surface area contributed by atoms with Crippen LogP contribution >= 0.6 is 0 Å². The first-order chi connectivity index (χ1) is 13.5. The van der Waals surface area contributed by atoms with Gasteiger partial charge in [-0.2, -0.15) is 0 Å². The molecule has 1 aromatic heterocycles. The van der Waals surface area contributed by atoms with Gasteiger partial charge in [0.1, 0.15) is 12.3 Å². The van der Waals surface area contributed by atoms with Gasteiger partial charge in [0.05, 0.1) is 11.9 Å². The summed E-state index contributed by atoms with van der Waals surface area (Å²) >= 11 is 0. The minimum Gasteiger partial charge on any atom is -0.479 e. The molecule has 2 amide bonds. The van der Waals surface area contributed by atoms with Crippen LogP contribution < -0.4 is 15.0 Å². The number of oxazole rings is 1. The molecule has 7 nitrogen and oxygen atoms in total. The lowest BCUT2D eigenvalue weighted by atomic mass is 10.1. The summed E-state index contributed by atoms with van der Waals surface area (Å²) < 4.78 is 11.1. The van der Waals surface area contributed by atoms with Gasteiger partial charge < -0.3 is 14.5 Å². The fourth-order valence-corrected chi connectivity index (χ4v) is 3.08. The zero-order valence-corrected chi connectivity index (χ0v) is 15.5. The van der Waals surface area contributed by atoms with Gasteiger partial charge >= 0.3 is 0 Å². The topological polar surface area (TPSA) is 84.7 Å². The average molecular weight is 377 g/mol. The van der Waals surface area contributed by atoms with Crippen molar-refractivity contribution < 1.29 is 18.7 Å². The fourth-order valence-electron chi connectivity index (χ4n) is 3.08. The maximum atomic E-state index is 12.5. The minimum atomic E-state index is -0.632. The lowest BCUT2D eigenvalue weighted by molar-refractivity contribution is -0.127.